The van der Waals surface area contributed by atoms with Gasteiger partial charge in [-0.2, -0.15) is 0 Å². The van der Waals surface area contributed by atoms with Crippen molar-refractivity contribution < 1.29 is 39.5 Å². The van der Waals surface area contributed by atoms with Gasteiger partial charge in [0, 0.05) is 11.7 Å². The maximum Gasteiger partial charge on any atom is 1.00 e. The second-order valence-electron chi connectivity index (χ2n) is 4.08. The average Bonchev–Trinajstić information content (AvgIpc) is 2.72. The second kappa shape index (κ2) is 8.27. The number of carbonyl (C=O) groups is 1. The summed E-state index contributed by atoms with van der Waals surface area (Å²) in [4.78, 5) is 14.9. The molecule has 2 rings (SSSR count). The minimum atomic E-state index is -0.962. The van der Waals surface area contributed by atoms with E-state index in [1.807, 2.05) is 6.07 Å². The van der Waals surface area contributed by atoms with Gasteiger partial charge in [0.15, 0.2) is 4.34 Å². The number of para-hydroxylation sites is 1. The number of unbranched alkanes of at least 4 members (excludes halogenated alkanes) is 1. The largest absolute Gasteiger partial charge is 1.00 e. The van der Waals surface area contributed by atoms with Crippen molar-refractivity contribution in [1.29, 1.82) is 0 Å². The number of thioether (sulfide) groups is 1. The number of thiazole rings is 1. The molecule has 0 spiro atoms. The van der Waals surface area contributed by atoms with E-state index in [-0.39, 0.29) is 36.0 Å². The molecule has 0 aliphatic rings. The fourth-order valence-corrected chi connectivity index (χ4v) is 3.87. The first-order valence-corrected chi connectivity index (χ1v) is 7.66. The van der Waals surface area contributed by atoms with Crippen molar-refractivity contribution in [2.45, 2.75) is 30.5 Å². The number of carbonyl (C=O) groups excluding carboxylic acids is 1. The van der Waals surface area contributed by atoms with E-state index in [2.05, 4.69) is 24.0 Å². The molecule has 19 heavy (non-hydrogen) atoms. The Morgan fingerprint density at radius 1 is 1.42 bits per heavy atom. The molecular weight excluding hydrogens is 289 g/mol. The number of hydrogen-bond acceptors (Lipinski definition) is 5. The Labute approximate surface area is 143 Å². The molecular formula is C13H14NNaO2S2. The number of aromatic nitrogens is 1. The summed E-state index contributed by atoms with van der Waals surface area (Å²) in [7, 11) is 0. The second-order valence-corrected chi connectivity index (χ2v) is 6.45. The topological polar surface area (TPSA) is 53.0 Å². The quantitative estimate of drug-likeness (QED) is 0.415. The number of carboxylic acid groups (broad SMARTS) is 1. The van der Waals surface area contributed by atoms with Crippen LogP contribution in [0.15, 0.2) is 22.5 Å². The Kier molecular flexibility index (Phi) is 7.39. The molecule has 0 unspecified atom stereocenters. The first-order valence-electron chi connectivity index (χ1n) is 5.85. The van der Waals surface area contributed by atoms with Gasteiger partial charge in [-0.1, -0.05) is 23.9 Å². The Bertz CT molecular complexity index is 557. The minimum Gasteiger partial charge on any atom is -0.550 e. The maximum absolute atomic E-state index is 10.3. The van der Waals surface area contributed by atoms with E-state index in [9.17, 15) is 9.90 Å². The summed E-state index contributed by atoms with van der Waals surface area (Å²) in [5.74, 6) is -0.0535. The molecule has 0 bridgehead atoms. The van der Waals surface area contributed by atoms with Crippen molar-refractivity contribution in [3.8, 4) is 0 Å². The van der Waals surface area contributed by atoms with E-state index in [4.69, 9.17) is 0 Å². The minimum absolute atomic E-state index is 0. The predicted molar refractivity (Wildman–Crippen MR) is 73.9 cm³/mol. The van der Waals surface area contributed by atoms with Gasteiger partial charge in [0.2, 0.25) is 0 Å². The van der Waals surface area contributed by atoms with Gasteiger partial charge in [-0.3, -0.25) is 0 Å². The summed E-state index contributed by atoms with van der Waals surface area (Å²) in [6.07, 6.45) is 1.71. The SMILES string of the molecule is Cc1cccc2sc(SCCCCC(=O)[O-])nc12.[Na+]. The van der Waals surface area contributed by atoms with Crippen LogP contribution in [0, 0.1) is 6.92 Å². The normalized spacial score (nSPS) is 10.4. The van der Waals surface area contributed by atoms with Gasteiger partial charge in [0.1, 0.15) is 0 Å². The van der Waals surface area contributed by atoms with E-state index in [0.717, 1.165) is 22.0 Å². The summed E-state index contributed by atoms with van der Waals surface area (Å²) >= 11 is 3.40. The van der Waals surface area contributed by atoms with E-state index < -0.39 is 5.97 Å². The summed E-state index contributed by atoms with van der Waals surface area (Å²) in [6, 6.07) is 6.20. The molecule has 0 saturated heterocycles. The van der Waals surface area contributed by atoms with Gasteiger partial charge >= 0.3 is 29.6 Å². The molecule has 96 valence electrons. The number of nitrogens with zero attached hydrogens (tertiary/aromatic N) is 1. The van der Waals surface area contributed by atoms with Crippen LogP contribution in [-0.2, 0) is 4.79 Å². The van der Waals surface area contributed by atoms with Gasteiger partial charge in [-0.15, -0.1) is 11.3 Å². The number of fused-ring (bicyclic) bond motifs is 1. The Morgan fingerprint density at radius 3 is 2.89 bits per heavy atom. The van der Waals surface area contributed by atoms with Gasteiger partial charge in [-0.05, 0) is 37.8 Å². The monoisotopic (exact) mass is 303 g/mol. The van der Waals surface area contributed by atoms with Crippen molar-refractivity contribution in [3.63, 3.8) is 0 Å². The Hall–Kier alpha value is -0.0700. The molecule has 1 heterocycles. The summed E-state index contributed by atoms with van der Waals surface area (Å²) in [6.45, 7) is 2.07. The molecule has 0 atom stereocenters. The molecule has 0 aliphatic carbocycles. The predicted octanol–water partition coefficient (Wildman–Crippen LogP) is -0.379. The summed E-state index contributed by atoms with van der Waals surface area (Å²) in [5.41, 5.74) is 2.28. The van der Waals surface area contributed by atoms with Crippen LogP contribution in [0.5, 0.6) is 0 Å². The van der Waals surface area contributed by atoms with Gasteiger partial charge in [-0.25, -0.2) is 4.98 Å². The van der Waals surface area contributed by atoms with Crippen molar-refractivity contribution in [2.24, 2.45) is 0 Å². The number of rotatable bonds is 6. The van der Waals surface area contributed by atoms with Crippen LogP contribution in [0.25, 0.3) is 10.2 Å². The Morgan fingerprint density at radius 2 is 2.21 bits per heavy atom. The number of carboxylic acids is 1. The standard InChI is InChI=1S/C13H15NO2S2.Na/c1-9-5-4-6-10-12(9)14-13(18-10)17-8-3-2-7-11(15)16;/h4-6H,2-3,7-8H2,1H3,(H,15,16);/q;+1/p-1. The van der Waals surface area contributed by atoms with E-state index >= 15 is 0 Å². The van der Waals surface area contributed by atoms with E-state index in [1.165, 1.54) is 10.3 Å². The van der Waals surface area contributed by atoms with Crippen LogP contribution in [0.2, 0.25) is 0 Å². The molecule has 0 amide bonds. The van der Waals surface area contributed by atoms with Crippen molar-refractivity contribution >= 4 is 39.3 Å². The van der Waals surface area contributed by atoms with E-state index in [0.29, 0.717) is 6.42 Å². The number of hydrogen-bond donors (Lipinski definition) is 0. The summed E-state index contributed by atoms with van der Waals surface area (Å²) in [5, 5.41) is 10.3. The van der Waals surface area contributed by atoms with Crippen LogP contribution < -0.4 is 34.7 Å². The Balaban J connectivity index is 0.00000180. The smallest absolute Gasteiger partial charge is 0.550 e. The third-order valence-corrected chi connectivity index (χ3v) is 4.85. The zero-order valence-corrected chi connectivity index (χ0v) is 14.8. The fourth-order valence-electron chi connectivity index (χ4n) is 1.66. The van der Waals surface area contributed by atoms with Crippen LogP contribution in [-0.4, -0.2) is 16.7 Å². The molecule has 0 saturated carbocycles. The van der Waals surface area contributed by atoms with Crippen molar-refractivity contribution in [1.82, 2.24) is 4.98 Å². The average molecular weight is 303 g/mol. The first-order chi connectivity index (χ1) is 8.66. The molecule has 3 nitrogen and oxygen atoms in total. The molecule has 6 heteroatoms. The molecule has 2 aromatic rings. The third-order valence-electron chi connectivity index (χ3n) is 2.60. The summed E-state index contributed by atoms with van der Waals surface area (Å²) < 4.78 is 2.28. The molecule has 0 aliphatic heterocycles. The van der Waals surface area contributed by atoms with Crippen LogP contribution >= 0.6 is 23.1 Å². The molecule has 0 fully saturated rings. The number of aliphatic carboxylic acids is 1. The van der Waals surface area contributed by atoms with Crippen molar-refractivity contribution in [2.75, 3.05) is 5.75 Å². The zero-order valence-electron chi connectivity index (χ0n) is 11.1. The fraction of sp³-hybridized carbons (Fsp3) is 0.385. The zero-order chi connectivity index (χ0) is 13.0. The third kappa shape index (κ3) is 5.08. The van der Waals surface area contributed by atoms with Gasteiger partial charge in [0.25, 0.3) is 0 Å². The van der Waals surface area contributed by atoms with Crippen LogP contribution in [0.1, 0.15) is 24.8 Å². The van der Waals surface area contributed by atoms with Crippen molar-refractivity contribution in [3.05, 3.63) is 23.8 Å². The maximum atomic E-state index is 10.3. The molecule has 0 radical (unpaired) electrons. The first kappa shape index (κ1) is 17.0. The molecule has 1 aromatic heterocycles. The molecule has 1 aromatic carbocycles. The van der Waals surface area contributed by atoms with Gasteiger partial charge < -0.3 is 9.90 Å². The molecule has 0 N–H and O–H groups in total. The van der Waals surface area contributed by atoms with Gasteiger partial charge in [0.05, 0.1) is 10.2 Å². The van der Waals surface area contributed by atoms with E-state index in [1.54, 1.807) is 23.1 Å². The number of benzene rings is 1. The van der Waals surface area contributed by atoms with Crippen LogP contribution in [0.4, 0.5) is 0 Å². The van der Waals surface area contributed by atoms with Crippen LogP contribution in [0.3, 0.4) is 0 Å². The number of aryl methyl sites for hydroxylation is 1.